The van der Waals surface area contributed by atoms with Gasteiger partial charge >= 0.3 is 0 Å². The van der Waals surface area contributed by atoms with E-state index in [1.54, 1.807) is 11.8 Å². The average Bonchev–Trinajstić information content (AvgIpc) is 2.18. The maximum atomic E-state index is 5.38. The van der Waals surface area contributed by atoms with Crippen molar-refractivity contribution in [2.24, 2.45) is 5.73 Å². The highest BCUT2D eigenvalue weighted by molar-refractivity contribution is 8.22. The Morgan fingerprint density at radius 1 is 1.21 bits per heavy atom. The topological polar surface area (TPSA) is 26.0 Å². The van der Waals surface area contributed by atoms with Crippen molar-refractivity contribution in [1.82, 2.24) is 0 Å². The molecule has 0 aliphatic rings. The third-order valence-electron chi connectivity index (χ3n) is 1.95. The van der Waals surface area contributed by atoms with E-state index in [1.807, 2.05) is 6.07 Å². The number of unbranched alkanes of at least 4 members (excludes halogenated alkanes) is 1. The number of aryl methyl sites for hydroxylation is 1. The molecule has 0 heterocycles. The number of rotatable bonds is 5. The number of hydrogen-bond acceptors (Lipinski definition) is 2. The van der Waals surface area contributed by atoms with Crippen LogP contribution in [0.1, 0.15) is 18.4 Å². The van der Waals surface area contributed by atoms with Crippen LogP contribution < -0.4 is 5.73 Å². The van der Waals surface area contributed by atoms with E-state index in [0.717, 1.165) is 12.2 Å². The van der Waals surface area contributed by atoms with Gasteiger partial charge in [0, 0.05) is 5.75 Å². The van der Waals surface area contributed by atoms with Crippen molar-refractivity contribution in [3.8, 4) is 0 Å². The van der Waals surface area contributed by atoms with E-state index >= 15 is 0 Å². The van der Waals surface area contributed by atoms with Gasteiger partial charge in [-0.3, -0.25) is 0 Å². The minimum atomic E-state index is 0.560. The second-order valence-corrected chi connectivity index (χ2v) is 4.95. The zero-order valence-electron chi connectivity index (χ0n) is 8.11. The minimum Gasteiger partial charge on any atom is -0.385 e. The van der Waals surface area contributed by atoms with Gasteiger partial charge in [0.25, 0.3) is 0 Å². The largest absolute Gasteiger partial charge is 0.385 e. The Hall–Kier alpha value is -0.540. The summed E-state index contributed by atoms with van der Waals surface area (Å²) in [6.07, 6.45) is 3.54. The Morgan fingerprint density at radius 3 is 2.57 bits per heavy atom. The van der Waals surface area contributed by atoms with E-state index in [0.29, 0.717) is 4.32 Å². The molecule has 1 aromatic carbocycles. The Balaban J connectivity index is 2.08. The van der Waals surface area contributed by atoms with Crippen molar-refractivity contribution in [3.05, 3.63) is 35.9 Å². The highest BCUT2D eigenvalue weighted by Gasteiger charge is 1.93. The lowest BCUT2D eigenvalue weighted by molar-refractivity contribution is 0.803. The Bertz CT molecular complexity index is 272. The number of thioether (sulfide) groups is 1. The van der Waals surface area contributed by atoms with Crippen LogP contribution in [0.3, 0.4) is 0 Å². The molecular weight excluding hydrogens is 210 g/mol. The first-order valence-corrected chi connectivity index (χ1v) is 6.14. The summed E-state index contributed by atoms with van der Waals surface area (Å²) in [5.41, 5.74) is 6.79. The Labute approximate surface area is 95.1 Å². The Kier molecular flexibility index (Phi) is 5.64. The molecule has 0 aliphatic carbocycles. The zero-order chi connectivity index (χ0) is 10.2. The fourth-order valence-corrected chi connectivity index (χ4v) is 2.05. The molecule has 2 N–H and O–H groups in total. The summed E-state index contributed by atoms with van der Waals surface area (Å²) in [5.74, 6) is 1.04. The molecule has 0 atom stereocenters. The van der Waals surface area contributed by atoms with Crippen molar-refractivity contribution in [2.45, 2.75) is 19.3 Å². The van der Waals surface area contributed by atoms with Gasteiger partial charge in [0.05, 0.1) is 0 Å². The summed E-state index contributed by atoms with van der Waals surface area (Å²) < 4.78 is 0.560. The smallest absolute Gasteiger partial charge is 0.131 e. The van der Waals surface area contributed by atoms with E-state index in [4.69, 9.17) is 18.0 Å². The van der Waals surface area contributed by atoms with Crippen molar-refractivity contribution in [3.63, 3.8) is 0 Å². The van der Waals surface area contributed by atoms with Gasteiger partial charge in [-0.05, 0) is 24.8 Å². The fraction of sp³-hybridized carbons (Fsp3) is 0.364. The summed E-state index contributed by atoms with van der Waals surface area (Å²) in [7, 11) is 0. The minimum absolute atomic E-state index is 0.560. The maximum absolute atomic E-state index is 5.38. The number of nitrogens with two attached hydrogens (primary N) is 1. The van der Waals surface area contributed by atoms with Crippen LogP contribution in [0.2, 0.25) is 0 Å². The summed E-state index contributed by atoms with van der Waals surface area (Å²) in [5, 5.41) is 0. The normalized spacial score (nSPS) is 10.0. The van der Waals surface area contributed by atoms with Crippen LogP contribution in [-0.2, 0) is 6.42 Å². The molecule has 1 rings (SSSR count). The first-order chi connectivity index (χ1) is 6.79. The molecule has 14 heavy (non-hydrogen) atoms. The van der Waals surface area contributed by atoms with E-state index < -0.39 is 0 Å². The van der Waals surface area contributed by atoms with Crippen LogP contribution in [0.4, 0.5) is 0 Å². The molecule has 0 saturated heterocycles. The summed E-state index contributed by atoms with van der Waals surface area (Å²) in [4.78, 5) is 0. The van der Waals surface area contributed by atoms with Crippen LogP contribution in [0, 0.1) is 0 Å². The summed E-state index contributed by atoms with van der Waals surface area (Å²) >= 11 is 6.35. The third-order valence-corrected chi connectivity index (χ3v) is 3.08. The Morgan fingerprint density at radius 2 is 1.93 bits per heavy atom. The molecule has 0 saturated carbocycles. The number of thiocarbonyl (C=S) groups is 1. The lowest BCUT2D eigenvalue weighted by atomic mass is 10.1. The highest BCUT2D eigenvalue weighted by Crippen LogP contribution is 2.08. The van der Waals surface area contributed by atoms with E-state index in [1.165, 1.54) is 18.4 Å². The molecule has 0 radical (unpaired) electrons. The van der Waals surface area contributed by atoms with E-state index in [2.05, 4.69) is 24.3 Å². The SMILES string of the molecule is NC(=S)SCCCCc1ccccc1. The molecule has 0 spiro atoms. The van der Waals surface area contributed by atoms with Crippen molar-refractivity contribution in [1.29, 1.82) is 0 Å². The predicted molar refractivity (Wildman–Crippen MR) is 68.6 cm³/mol. The molecule has 0 unspecified atom stereocenters. The molecule has 1 aromatic rings. The molecule has 1 nitrogen and oxygen atoms in total. The van der Waals surface area contributed by atoms with Crippen LogP contribution in [0.5, 0.6) is 0 Å². The lowest BCUT2D eigenvalue weighted by Crippen LogP contribution is -2.02. The van der Waals surface area contributed by atoms with Gasteiger partial charge in [-0.1, -0.05) is 54.3 Å². The van der Waals surface area contributed by atoms with Crippen LogP contribution in [0.15, 0.2) is 30.3 Å². The number of benzene rings is 1. The van der Waals surface area contributed by atoms with Crippen LogP contribution >= 0.6 is 24.0 Å². The molecule has 3 heteroatoms. The predicted octanol–water partition coefficient (Wildman–Crippen LogP) is 2.99. The van der Waals surface area contributed by atoms with Crippen LogP contribution in [0.25, 0.3) is 0 Å². The van der Waals surface area contributed by atoms with E-state index in [9.17, 15) is 0 Å². The average molecular weight is 225 g/mol. The molecule has 76 valence electrons. The molecule has 0 bridgehead atoms. The standard InChI is InChI=1S/C11H15NS2/c12-11(13)14-9-5-4-8-10-6-2-1-3-7-10/h1-3,6-7H,4-5,8-9H2,(H2,12,13). The fourth-order valence-electron chi connectivity index (χ4n) is 1.25. The second kappa shape index (κ2) is 6.85. The zero-order valence-corrected chi connectivity index (χ0v) is 9.74. The van der Waals surface area contributed by atoms with Gasteiger partial charge < -0.3 is 5.73 Å². The van der Waals surface area contributed by atoms with Crippen LogP contribution in [-0.4, -0.2) is 10.1 Å². The van der Waals surface area contributed by atoms with Gasteiger partial charge in [0.1, 0.15) is 4.32 Å². The van der Waals surface area contributed by atoms with Gasteiger partial charge in [-0.2, -0.15) is 0 Å². The monoisotopic (exact) mass is 225 g/mol. The van der Waals surface area contributed by atoms with Crippen molar-refractivity contribution < 1.29 is 0 Å². The number of hydrogen-bond donors (Lipinski definition) is 1. The quantitative estimate of drug-likeness (QED) is 0.616. The highest BCUT2D eigenvalue weighted by atomic mass is 32.2. The third kappa shape index (κ3) is 5.25. The molecule has 0 aliphatic heterocycles. The second-order valence-electron chi connectivity index (χ2n) is 3.11. The van der Waals surface area contributed by atoms with Gasteiger partial charge in [0.15, 0.2) is 0 Å². The first kappa shape index (κ1) is 11.5. The summed E-state index contributed by atoms with van der Waals surface area (Å²) in [6, 6.07) is 10.5. The molecule has 0 aromatic heterocycles. The lowest BCUT2D eigenvalue weighted by Gasteiger charge is -2.00. The van der Waals surface area contributed by atoms with Gasteiger partial charge in [-0.25, -0.2) is 0 Å². The van der Waals surface area contributed by atoms with Gasteiger partial charge in [-0.15, -0.1) is 0 Å². The molecule has 0 amide bonds. The molecular formula is C11H15NS2. The van der Waals surface area contributed by atoms with E-state index in [-0.39, 0.29) is 0 Å². The molecule has 0 fully saturated rings. The summed E-state index contributed by atoms with van der Waals surface area (Å²) in [6.45, 7) is 0. The first-order valence-electron chi connectivity index (χ1n) is 4.75. The van der Waals surface area contributed by atoms with Crippen molar-refractivity contribution >= 4 is 28.3 Å². The van der Waals surface area contributed by atoms with Crippen molar-refractivity contribution in [2.75, 3.05) is 5.75 Å². The van der Waals surface area contributed by atoms with Gasteiger partial charge in [0.2, 0.25) is 0 Å². The maximum Gasteiger partial charge on any atom is 0.131 e.